The summed E-state index contributed by atoms with van der Waals surface area (Å²) in [6.45, 7) is 9.07. The second-order valence-electron chi connectivity index (χ2n) is 6.79. The Bertz CT molecular complexity index is 400. The fourth-order valence-electron chi connectivity index (χ4n) is 2.54. The van der Waals surface area contributed by atoms with E-state index in [1.54, 1.807) is 0 Å². The van der Waals surface area contributed by atoms with E-state index in [9.17, 15) is 0 Å². The summed E-state index contributed by atoms with van der Waals surface area (Å²) in [6, 6.07) is 11.4. The van der Waals surface area contributed by atoms with Crippen LogP contribution in [-0.2, 0) is 6.54 Å². The van der Waals surface area contributed by atoms with Crippen molar-refractivity contribution in [3.63, 3.8) is 0 Å². The molecule has 0 bridgehead atoms. The van der Waals surface area contributed by atoms with Gasteiger partial charge in [0.1, 0.15) is 0 Å². The minimum absolute atomic E-state index is 0.215. The Morgan fingerprint density at radius 2 is 1.95 bits per heavy atom. The largest absolute Gasteiger partial charge is 0.311 e. The predicted molar refractivity (Wildman–Crippen MR) is 85.9 cm³/mol. The molecule has 0 aliphatic carbocycles. The molecule has 1 unspecified atom stereocenters. The van der Waals surface area contributed by atoms with Crippen molar-refractivity contribution in [1.82, 2.24) is 15.1 Å². The quantitative estimate of drug-likeness (QED) is 0.858. The number of benzene rings is 1. The van der Waals surface area contributed by atoms with Gasteiger partial charge in [0, 0.05) is 37.8 Å². The van der Waals surface area contributed by atoms with Crippen LogP contribution in [0.25, 0.3) is 0 Å². The molecule has 1 aromatic carbocycles. The smallest absolute Gasteiger partial charge is 0.0271 e. The second-order valence-corrected chi connectivity index (χ2v) is 6.79. The lowest BCUT2D eigenvalue weighted by molar-refractivity contribution is 0.183. The van der Waals surface area contributed by atoms with E-state index in [1.807, 2.05) is 0 Å². The van der Waals surface area contributed by atoms with Gasteiger partial charge in [0.25, 0.3) is 0 Å². The third-order valence-corrected chi connectivity index (χ3v) is 4.56. The van der Waals surface area contributed by atoms with Crippen LogP contribution in [0, 0.1) is 0 Å². The molecule has 20 heavy (non-hydrogen) atoms. The molecule has 0 saturated carbocycles. The topological polar surface area (TPSA) is 18.5 Å². The molecule has 1 aliphatic rings. The molecule has 1 fully saturated rings. The highest BCUT2D eigenvalue weighted by molar-refractivity contribution is 5.14. The van der Waals surface area contributed by atoms with E-state index in [-0.39, 0.29) is 5.54 Å². The Balaban J connectivity index is 1.75. The summed E-state index contributed by atoms with van der Waals surface area (Å²) in [6.07, 6.45) is 1.26. The maximum atomic E-state index is 3.74. The van der Waals surface area contributed by atoms with Gasteiger partial charge in [-0.3, -0.25) is 4.90 Å². The van der Waals surface area contributed by atoms with Crippen LogP contribution in [-0.4, -0.2) is 55.1 Å². The fourth-order valence-corrected chi connectivity index (χ4v) is 2.54. The molecule has 2 rings (SSSR count). The molecule has 3 heteroatoms. The molecule has 0 amide bonds. The summed E-state index contributed by atoms with van der Waals surface area (Å²) in [7, 11) is 4.30. The van der Waals surface area contributed by atoms with Gasteiger partial charge in [-0.2, -0.15) is 0 Å². The monoisotopic (exact) mass is 275 g/mol. The van der Waals surface area contributed by atoms with Crippen molar-refractivity contribution in [2.24, 2.45) is 0 Å². The molecule has 3 nitrogen and oxygen atoms in total. The van der Waals surface area contributed by atoms with Gasteiger partial charge in [-0.1, -0.05) is 30.3 Å². The normalized spacial score (nSPS) is 20.8. The molecule has 0 aromatic heterocycles. The minimum atomic E-state index is 0.215. The summed E-state index contributed by atoms with van der Waals surface area (Å²) in [5.74, 6) is 0. The van der Waals surface area contributed by atoms with Crippen LogP contribution in [0.4, 0.5) is 0 Å². The number of hydrogen-bond donors (Lipinski definition) is 1. The Hall–Kier alpha value is -0.900. The first-order chi connectivity index (χ1) is 9.47. The fraction of sp³-hybridized carbons (Fsp3) is 0.647. The van der Waals surface area contributed by atoms with Crippen molar-refractivity contribution in [3.05, 3.63) is 35.9 Å². The maximum Gasteiger partial charge on any atom is 0.0271 e. The Morgan fingerprint density at radius 1 is 1.25 bits per heavy atom. The van der Waals surface area contributed by atoms with Crippen molar-refractivity contribution in [1.29, 1.82) is 0 Å². The first-order valence-corrected chi connectivity index (χ1v) is 7.64. The second kappa shape index (κ2) is 6.70. The number of hydrogen-bond acceptors (Lipinski definition) is 3. The van der Waals surface area contributed by atoms with Gasteiger partial charge >= 0.3 is 0 Å². The van der Waals surface area contributed by atoms with E-state index in [0.29, 0.717) is 6.04 Å². The van der Waals surface area contributed by atoms with Gasteiger partial charge in [0.05, 0.1) is 0 Å². The van der Waals surface area contributed by atoms with E-state index in [0.717, 1.165) is 13.1 Å². The van der Waals surface area contributed by atoms with Gasteiger partial charge in [-0.25, -0.2) is 0 Å². The molecular weight excluding hydrogens is 246 g/mol. The number of nitrogens with one attached hydrogen (secondary N) is 1. The highest BCUT2D eigenvalue weighted by Gasteiger charge is 2.26. The van der Waals surface area contributed by atoms with Crippen molar-refractivity contribution < 1.29 is 0 Å². The van der Waals surface area contributed by atoms with Crippen molar-refractivity contribution in [2.45, 2.75) is 38.4 Å². The van der Waals surface area contributed by atoms with E-state index in [4.69, 9.17) is 0 Å². The van der Waals surface area contributed by atoms with Crippen molar-refractivity contribution >= 4 is 0 Å². The van der Waals surface area contributed by atoms with Crippen LogP contribution in [0.1, 0.15) is 25.8 Å². The Morgan fingerprint density at radius 3 is 2.60 bits per heavy atom. The first kappa shape index (κ1) is 15.5. The lowest BCUT2D eigenvalue weighted by Crippen LogP contribution is -2.49. The summed E-state index contributed by atoms with van der Waals surface area (Å²) in [5, 5.41) is 3.74. The zero-order chi connectivity index (χ0) is 14.6. The zero-order valence-corrected chi connectivity index (χ0v) is 13.4. The summed E-state index contributed by atoms with van der Waals surface area (Å²) in [5.41, 5.74) is 1.63. The molecule has 0 spiro atoms. The summed E-state index contributed by atoms with van der Waals surface area (Å²) in [4.78, 5) is 4.84. The van der Waals surface area contributed by atoms with E-state index in [1.165, 1.54) is 25.1 Å². The molecule has 1 aromatic rings. The molecule has 1 aliphatic heterocycles. The Kier molecular flexibility index (Phi) is 5.19. The van der Waals surface area contributed by atoms with E-state index in [2.05, 4.69) is 73.4 Å². The summed E-state index contributed by atoms with van der Waals surface area (Å²) < 4.78 is 0. The molecule has 1 N–H and O–H groups in total. The molecule has 0 radical (unpaired) electrons. The van der Waals surface area contributed by atoms with Gasteiger partial charge in [-0.05, 0) is 39.9 Å². The third kappa shape index (κ3) is 4.30. The average Bonchev–Trinajstić information content (AvgIpc) is 2.85. The molecule has 1 atom stereocenters. The van der Waals surface area contributed by atoms with Crippen LogP contribution < -0.4 is 5.32 Å². The first-order valence-electron chi connectivity index (χ1n) is 7.64. The van der Waals surface area contributed by atoms with Crippen LogP contribution in [0.2, 0.25) is 0 Å². The minimum Gasteiger partial charge on any atom is -0.311 e. The molecular formula is C17H29N3. The van der Waals surface area contributed by atoms with Crippen LogP contribution in [0.3, 0.4) is 0 Å². The number of likely N-dealkylation sites (tertiary alicyclic amines) is 1. The SMILES string of the molecule is CN(C)C(C)(C)CNC1CCN(Cc2ccccc2)C1. The van der Waals surface area contributed by atoms with E-state index < -0.39 is 0 Å². The van der Waals surface area contributed by atoms with Gasteiger partial charge < -0.3 is 10.2 Å². The van der Waals surface area contributed by atoms with Crippen LogP contribution in [0.5, 0.6) is 0 Å². The summed E-state index contributed by atoms with van der Waals surface area (Å²) >= 11 is 0. The van der Waals surface area contributed by atoms with Gasteiger partial charge in [-0.15, -0.1) is 0 Å². The number of nitrogens with zero attached hydrogens (tertiary/aromatic N) is 2. The predicted octanol–water partition coefficient (Wildman–Crippen LogP) is 2.19. The number of rotatable bonds is 6. The standard InChI is InChI=1S/C17H29N3/c1-17(2,19(3)4)14-18-16-10-11-20(13-16)12-15-8-6-5-7-9-15/h5-9,16,18H,10-14H2,1-4H3. The lowest BCUT2D eigenvalue weighted by Gasteiger charge is -2.34. The van der Waals surface area contributed by atoms with Gasteiger partial charge in [0.2, 0.25) is 0 Å². The number of likely N-dealkylation sites (N-methyl/N-ethyl adjacent to an activating group) is 1. The molecule has 112 valence electrons. The van der Waals surface area contributed by atoms with Crippen LogP contribution >= 0.6 is 0 Å². The molecule has 1 heterocycles. The van der Waals surface area contributed by atoms with Crippen molar-refractivity contribution in [2.75, 3.05) is 33.7 Å². The molecule has 1 saturated heterocycles. The van der Waals surface area contributed by atoms with Crippen molar-refractivity contribution in [3.8, 4) is 0 Å². The van der Waals surface area contributed by atoms with Crippen LogP contribution in [0.15, 0.2) is 30.3 Å². The zero-order valence-electron chi connectivity index (χ0n) is 13.4. The van der Waals surface area contributed by atoms with Gasteiger partial charge in [0.15, 0.2) is 0 Å². The highest BCUT2D eigenvalue weighted by atomic mass is 15.2. The van der Waals surface area contributed by atoms with E-state index >= 15 is 0 Å². The maximum absolute atomic E-state index is 3.74. The third-order valence-electron chi connectivity index (χ3n) is 4.56. The lowest BCUT2D eigenvalue weighted by atomic mass is 10.0. The Labute approximate surface area is 124 Å². The average molecular weight is 275 g/mol. The highest BCUT2D eigenvalue weighted by Crippen LogP contribution is 2.15.